The van der Waals surface area contributed by atoms with E-state index in [1.165, 1.54) is 23.1 Å². The number of thioether (sulfide) groups is 1. The summed E-state index contributed by atoms with van der Waals surface area (Å²) in [4.78, 5) is 34.6. The van der Waals surface area contributed by atoms with Crippen molar-refractivity contribution in [2.24, 2.45) is 0 Å². The molecule has 2 N–H and O–H groups in total. The maximum absolute atomic E-state index is 13.0. The van der Waals surface area contributed by atoms with Crippen molar-refractivity contribution >= 4 is 64.0 Å². The minimum absolute atomic E-state index is 0.0281. The number of carbonyl (C=O) groups is 2. The zero-order valence-corrected chi connectivity index (χ0v) is 30.6. The van der Waals surface area contributed by atoms with E-state index in [0.717, 1.165) is 59.3 Å². The van der Waals surface area contributed by atoms with E-state index < -0.39 is 11.3 Å². The molecular weight excluding hydrogens is 677 g/mol. The molecule has 5 rings (SSSR count). The highest BCUT2D eigenvalue weighted by Crippen LogP contribution is 2.32. The molecule has 47 heavy (non-hydrogen) atoms. The number of aromatic nitrogens is 1. The summed E-state index contributed by atoms with van der Waals surface area (Å²) >= 11 is 15.2. The standard InChI is InChI=1S/C34H43Cl2N5O4S2/c1-33(2,3)45-32(43)41-26(19-44-34(41,4)5)17-37-25-8-6-7-23(16-25)29-20-46-31(39-29)47-21-30(42)38-24-11-13-40(14-12-24)18-22-9-10-27(35)28(36)15-22/h6-10,15-16,20,24,26,37H,11-14,17-19,21H2,1-5H3,(H,38,42). The Balaban J connectivity index is 1.07. The molecule has 1 atom stereocenters. The van der Waals surface area contributed by atoms with Crippen LogP contribution in [0.25, 0.3) is 11.3 Å². The number of amides is 2. The van der Waals surface area contributed by atoms with Crippen LogP contribution >= 0.6 is 46.3 Å². The number of ether oxygens (including phenoxy) is 2. The predicted octanol–water partition coefficient (Wildman–Crippen LogP) is 7.77. The Morgan fingerprint density at radius 3 is 2.62 bits per heavy atom. The number of anilines is 1. The average molecular weight is 721 g/mol. The molecule has 254 valence electrons. The molecule has 0 spiro atoms. The Morgan fingerprint density at radius 2 is 1.89 bits per heavy atom. The predicted molar refractivity (Wildman–Crippen MR) is 192 cm³/mol. The van der Waals surface area contributed by atoms with Crippen LogP contribution in [-0.4, -0.2) is 82.2 Å². The second kappa shape index (κ2) is 15.3. The van der Waals surface area contributed by atoms with Crippen LogP contribution in [0.2, 0.25) is 10.0 Å². The summed E-state index contributed by atoms with van der Waals surface area (Å²) in [7, 11) is 0. The minimum atomic E-state index is -0.756. The molecule has 1 unspecified atom stereocenters. The van der Waals surface area contributed by atoms with E-state index in [0.29, 0.717) is 28.9 Å². The summed E-state index contributed by atoms with van der Waals surface area (Å²) in [6, 6.07) is 13.8. The van der Waals surface area contributed by atoms with Gasteiger partial charge in [0.2, 0.25) is 5.91 Å². The van der Waals surface area contributed by atoms with E-state index in [1.807, 2.05) is 82.5 Å². The molecule has 0 saturated carbocycles. The molecule has 1 aromatic heterocycles. The van der Waals surface area contributed by atoms with Gasteiger partial charge < -0.3 is 20.1 Å². The highest BCUT2D eigenvalue weighted by molar-refractivity contribution is 8.01. The lowest BCUT2D eigenvalue weighted by molar-refractivity contribution is -0.119. The van der Waals surface area contributed by atoms with Crippen molar-refractivity contribution in [3.63, 3.8) is 0 Å². The summed E-state index contributed by atoms with van der Waals surface area (Å²) in [5, 5.41) is 9.82. The Morgan fingerprint density at radius 1 is 1.13 bits per heavy atom. The number of hydrogen-bond acceptors (Lipinski definition) is 9. The third-order valence-electron chi connectivity index (χ3n) is 8.02. The number of halogens is 2. The van der Waals surface area contributed by atoms with Gasteiger partial charge in [-0.05, 0) is 77.3 Å². The van der Waals surface area contributed by atoms with E-state index in [9.17, 15) is 9.59 Å². The largest absolute Gasteiger partial charge is 0.444 e. The quantitative estimate of drug-likeness (QED) is 0.205. The Kier molecular flexibility index (Phi) is 11.7. The summed E-state index contributed by atoms with van der Waals surface area (Å²) in [6.07, 6.45) is 1.44. The molecule has 2 saturated heterocycles. The summed E-state index contributed by atoms with van der Waals surface area (Å²) in [6.45, 7) is 12.9. The zero-order chi connectivity index (χ0) is 33.8. The van der Waals surface area contributed by atoms with Gasteiger partial charge in [-0.25, -0.2) is 9.78 Å². The number of rotatable bonds is 10. The second-order valence-corrected chi connectivity index (χ2v) is 16.3. The number of nitrogens with zero attached hydrogens (tertiary/aromatic N) is 3. The number of benzene rings is 2. The third-order valence-corrected chi connectivity index (χ3v) is 10.8. The van der Waals surface area contributed by atoms with Gasteiger partial charge in [0.15, 0.2) is 4.34 Å². The number of thiazole rings is 1. The summed E-state index contributed by atoms with van der Waals surface area (Å²) < 4.78 is 12.4. The number of likely N-dealkylation sites (tertiary alicyclic amines) is 1. The van der Waals surface area contributed by atoms with Crippen LogP contribution in [0.4, 0.5) is 10.5 Å². The van der Waals surface area contributed by atoms with Crippen LogP contribution in [0.3, 0.4) is 0 Å². The second-order valence-electron chi connectivity index (χ2n) is 13.4. The molecule has 3 heterocycles. The van der Waals surface area contributed by atoms with E-state index in [-0.39, 0.29) is 24.1 Å². The zero-order valence-electron chi connectivity index (χ0n) is 27.5. The number of piperidine rings is 1. The average Bonchev–Trinajstić information content (AvgIpc) is 3.61. The number of carbonyl (C=O) groups excluding carboxylic acids is 2. The summed E-state index contributed by atoms with van der Waals surface area (Å²) in [5.74, 6) is 0.354. The van der Waals surface area contributed by atoms with Crippen LogP contribution in [0.15, 0.2) is 52.2 Å². The first kappa shape index (κ1) is 35.8. The smallest absolute Gasteiger partial charge is 0.412 e. The highest BCUT2D eigenvalue weighted by atomic mass is 35.5. The van der Waals surface area contributed by atoms with E-state index in [1.54, 1.807) is 4.90 Å². The lowest BCUT2D eigenvalue weighted by Crippen LogP contribution is -2.51. The minimum Gasteiger partial charge on any atom is -0.444 e. The molecule has 13 heteroatoms. The molecule has 2 fully saturated rings. The first-order chi connectivity index (χ1) is 22.3. The van der Waals surface area contributed by atoms with E-state index in [4.69, 9.17) is 37.7 Å². The van der Waals surface area contributed by atoms with Crippen molar-refractivity contribution in [1.82, 2.24) is 20.1 Å². The number of hydrogen-bond donors (Lipinski definition) is 2. The van der Waals surface area contributed by atoms with Gasteiger partial charge in [-0.2, -0.15) is 0 Å². The monoisotopic (exact) mass is 719 g/mol. The Hall–Kier alpha value is -2.54. The van der Waals surface area contributed by atoms with Crippen LogP contribution in [0.1, 0.15) is 53.0 Å². The molecule has 3 aromatic rings. The van der Waals surface area contributed by atoms with Gasteiger partial charge in [-0.1, -0.05) is 53.2 Å². The Bertz CT molecular complexity index is 1560. The topological polar surface area (TPSA) is 96.0 Å². The van der Waals surface area contributed by atoms with Gasteiger partial charge in [0.25, 0.3) is 0 Å². The fraction of sp³-hybridized carbons (Fsp3) is 0.500. The molecule has 0 bridgehead atoms. The van der Waals surface area contributed by atoms with Gasteiger partial charge >= 0.3 is 6.09 Å². The number of nitrogens with one attached hydrogen (secondary N) is 2. The van der Waals surface area contributed by atoms with Crippen LogP contribution in [-0.2, 0) is 20.8 Å². The summed E-state index contributed by atoms with van der Waals surface area (Å²) in [5.41, 5.74) is 2.54. The molecule has 2 aliphatic rings. The molecule has 9 nitrogen and oxygen atoms in total. The van der Waals surface area contributed by atoms with Crippen molar-refractivity contribution in [3.8, 4) is 11.3 Å². The molecule has 2 aliphatic heterocycles. The molecule has 2 aromatic carbocycles. The SMILES string of the molecule is CC(C)(C)OC(=O)N1C(CNc2cccc(-c3csc(SCC(=O)NC4CCN(Cc5ccc(Cl)c(Cl)c5)CC4)n3)c2)COC1(C)C. The molecular formula is C34H43Cl2N5O4S2. The van der Waals surface area contributed by atoms with Crippen LogP contribution in [0.5, 0.6) is 0 Å². The molecule has 0 radical (unpaired) electrons. The van der Waals surface area contributed by atoms with Crippen molar-refractivity contribution in [1.29, 1.82) is 0 Å². The van der Waals surface area contributed by atoms with Gasteiger partial charge in [0.05, 0.1) is 34.1 Å². The van der Waals surface area contributed by atoms with Crippen molar-refractivity contribution in [2.75, 3.05) is 37.3 Å². The van der Waals surface area contributed by atoms with Crippen molar-refractivity contribution < 1.29 is 19.1 Å². The fourth-order valence-electron chi connectivity index (χ4n) is 5.72. The first-order valence-corrected chi connectivity index (χ1v) is 18.4. The maximum Gasteiger partial charge on any atom is 0.412 e. The fourth-order valence-corrected chi connectivity index (χ4v) is 7.69. The lowest BCUT2D eigenvalue weighted by Gasteiger charge is -2.35. The van der Waals surface area contributed by atoms with E-state index >= 15 is 0 Å². The van der Waals surface area contributed by atoms with E-state index in [2.05, 4.69) is 15.5 Å². The maximum atomic E-state index is 13.0. The third kappa shape index (κ3) is 9.99. The highest BCUT2D eigenvalue weighted by Gasteiger charge is 2.45. The van der Waals surface area contributed by atoms with Crippen LogP contribution in [0, 0.1) is 0 Å². The molecule has 0 aliphatic carbocycles. The van der Waals surface area contributed by atoms with Gasteiger partial charge in [-0.15, -0.1) is 11.3 Å². The first-order valence-electron chi connectivity index (χ1n) is 15.8. The van der Waals surface area contributed by atoms with Crippen molar-refractivity contribution in [3.05, 3.63) is 63.5 Å². The van der Waals surface area contributed by atoms with Crippen molar-refractivity contribution in [2.45, 2.75) is 81.8 Å². The normalized spacial score (nSPS) is 18.7. The van der Waals surface area contributed by atoms with Crippen LogP contribution < -0.4 is 10.6 Å². The lowest BCUT2D eigenvalue weighted by atomic mass is 10.0. The van der Waals surface area contributed by atoms with Gasteiger partial charge in [0, 0.05) is 48.9 Å². The Labute approximate surface area is 295 Å². The van der Waals surface area contributed by atoms with Gasteiger partial charge in [0.1, 0.15) is 11.3 Å². The van der Waals surface area contributed by atoms with Gasteiger partial charge in [-0.3, -0.25) is 14.6 Å². The molecule has 2 amide bonds.